The largest absolute Gasteiger partial charge is 0.478 e. The minimum Gasteiger partial charge on any atom is -0.478 e. The van der Waals surface area contributed by atoms with Gasteiger partial charge in [-0.3, -0.25) is 9.78 Å². The van der Waals surface area contributed by atoms with Crippen LogP contribution in [0.25, 0.3) is 0 Å². The Labute approximate surface area is 115 Å². The molecule has 0 radical (unpaired) electrons. The highest BCUT2D eigenvalue weighted by atomic mass is 16.4. The van der Waals surface area contributed by atoms with Crippen LogP contribution >= 0.6 is 0 Å². The van der Waals surface area contributed by atoms with E-state index in [0.29, 0.717) is 11.3 Å². The number of carboxylic acids is 1. The Morgan fingerprint density at radius 3 is 2.65 bits per heavy atom. The molecule has 102 valence electrons. The molecule has 1 aromatic carbocycles. The number of carbonyl (C=O) groups is 2. The van der Waals surface area contributed by atoms with E-state index in [-0.39, 0.29) is 11.3 Å². The summed E-state index contributed by atoms with van der Waals surface area (Å²) in [4.78, 5) is 27.1. The number of aryl methyl sites for hydroxylation is 1. The van der Waals surface area contributed by atoms with Gasteiger partial charge in [0.05, 0.1) is 16.8 Å². The monoisotopic (exact) mass is 271 g/mol. The first-order valence-corrected chi connectivity index (χ1v) is 5.83. The van der Waals surface area contributed by atoms with Crippen LogP contribution in [0, 0.1) is 6.92 Å². The van der Waals surface area contributed by atoms with Gasteiger partial charge in [-0.25, -0.2) is 4.79 Å². The number of pyridine rings is 1. The van der Waals surface area contributed by atoms with Gasteiger partial charge < -0.3 is 16.2 Å². The number of aromatic carboxylic acids is 1. The maximum absolute atomic E-state index is 12.1. The van der Waals surface area contributed by atoms with Crippen LogP contribution in [0.15, 0.2) is 36.7 Å². The molecular weight excluding hydrogens is 258 g/mol. The van der Waals surface area contributed by atoms with Gasteiger partial charge in [0, 0.05) is 18.1 Å². The molecule has 0 aliphatic carbocycles. The molecule has 0 spiro atoms. The van der Waals surface area contributed by atoms with Crippen molar-refractivity contribution in [3.8, 4) is 0 Å². The van der Waals surface area contributed by atoms with Gasteiger partial charge in [-0.05, 0) is 36.8 Å². The molecule has 1 aromatic heterocycles. The minimum atomic E-state index is -1.14. The Kier molecular flexibility index (Phi) is 3.65. The fourth-order valence-corrected chi connectivity index (χ4v) is 1.73. The number of rotatable bonds is 3. The third-order valence-corrected chi connectivity index (χ3v) is 2.66. The van der Waals surface area contributed by atoms with E-state index < -0.39 is 11.9 Å². The number of hydrogen-bond donors (Lipinski definition) is 3. The van der Waals surface area contributed by atoms with E-state index in [0.717, 1.165) is 5.56 Å². The summed E-state index contributed by atoms with van der Waals surface area (Å²) in [6.07, 6.45) is 3.04. The molecule has 0 aliphatic heterocycles. The molecule has 0 aliphatic rings. The van der Waals surface area contributed by atoms with Crippen LogP contribution in [-0.4, -0.2) is 22.0 Å². The molecule has 20 heavy (non-hydrogen) atoms. The van der Waals surface area contributed by atoms with Gasteiger partial charge in [-0.15, -0.1) is 0 Å². The number of carbonyl (C=O) groups excluding carboxylic acids is 1. The van der Waals surface area contributed by atoms with Crippen molar-refractivity contribution in [3.05, 3.63) is 53.3 Å². The number of anilines is 2. The molecule has 2 rings (SSSR count). The van der Waals surface area contributed by atoms with E-state index in [9.17, 15) is 9.59 Å². The summed E-state index contributed by atoms with van der Waals surface area (Å²) in [5.41, 5.74) is 7.30. The SMILES string of the molecule is Cc1cncc(C(=O)Nc2cc(N)ccc2C(=O)O)c1. The molecule has 0 unspecified atom stereocenters. The number of benzene rings is 1. The van der Waals surface area contributed by atoms with Crippen molar-refractivity contribution in [2.24, 2.45) is 0 Å². The van der Waals surface area contributed by atoms with Gasteiger partial charge in [0.15, 0.2) is 0 Å². The van der Waals surface area contributed by atoms with Gasteiger partial charge >= 0.3 is 5.97 Å². The Hall–Kier alpha value is -2.89. The molecule has 1 heterocycles. The van der Waals surface area contributed by atoms with Crippen molar-refractivity contribution in [1.29, 1.82) is 0 Å². The molecule has 0 atom stereocenters. The van der Waals surface area contributed by atoms with Crippen LogP contribution in [0.4, 0.5) is 11.4 Å². The first-order valence-electron chi connectivity index (χ1n) is 5.83. The lowest BCUT2D eigenvalue weighted by molar-refractivity contribution is 0.0698. The number of carboxylic acid groups (broad SMARTS) is 1. The first-order chi connectivity index (χ1) is 9.47. The van der Waals surface area contributed by atoms with Gasteiger partial charge in [-0.2, -0.15) is 0 Å². The molecular formula is C14H13N3O3. The summed E-state index contributed by atoms with van der Waals surface area (Å²) < 4.78 is 0. The Morgan fingerprint density at radius 1 is 1.25 bits per heavy atom. The number of aromatic nitrogens is 1. The molecule has 4 N–H and O–H groups in total. The number of hydrogen-bond acceptors (Lipinski definition) is 4. The predicted octanol–water partition coefficient (Wildman–Crippen LogP) is 1.92. The Bertz CT molecular complexity index is 683. The molecule has 6 heteroatoms. The molecule has 1 amide bonds. The lowest BCUT2D eigenvalue weighted by Crippen LogP contribution is -2.15. The fraction of sp³-hybridized carbons (Fsp3) is 0.0714. The van der Waals surface area contributed by atoms with Gasteiger partial charge in [-0.1, -0.05) is 0 Å². The van der Waals surface area contributed by atoms with Gasteiger partial charge in [0.2, 0.25) is 0 Å². The lowest BCUT2D eigenvalue weighted by atomic mass is 10.1. The third kappa shape index (κ3) is 2.92. The lowest BCUT2D eigenvalue weighted by Gasteiger charge is -2.09. The van der Waals surface area contributed by atoms with Crippen LogP contribution in [0.2, 0.25) is 0 Å². The quantitative estimate of drug-likeness (QED) is 0.739. The average molecular weight is 271 g/mol. The van der Waals surface area contributed by atoms with Crippen LogP contribution in [-0.2, 0) is 0 Å². The molecule has 0 fully saturated rings. The molecule has 2 aromatic rings. The van der Waals surface area contributed by atoms with E-state index in [2.05, 4.69) is 10.3 Å². The van der Waals surface area contributed by atoms with E-state index in [1.807, 2.05) is 6.92 Å². The predicted molar refractivity (Wildman–Crippen MR) is 74.7 cm³/mol. The normalized spacial score (nSPS) is 10.1. The number of amides is 1. The second-order valence-electron chi connectivity index (χ2n) is 4.32. The first kappa shape index (κ1) is 13.5. The Morgan fingerprint density at radius 2 is 2.00 bits per heavy atom. The van der Waals surface area contributed by atoms with Gasteiger partial charge in [0.25, 0.3) is 5.91 Å². The highest BCUT2D eigenvalue weighted by Crippen LogP contribution is 2.20. The maximum atomic E-state index is 12.1. The van der Waals surface area contributed by atoms with E-state index >= 15 is 0 Å². The van der Waals surface area contributed by atoms with Crippen LogP contribution in [0.1, 0.15) is 26.3 Å². The van der Waals surface area contributed by atoms with Crippen molar-refractivity contribution < 1.29 is 14.7 Å². The van der Waals surface area contributed by atoms with E-state index in [4.69, 9.17) is 10.8 Å². The van der Waals surface area contributed by atoms with Crippen molar-refractivity contribution in [2.75, 3.05) is 11.1 Å². The highest BCUT2D eigenvalue weighted by molar-refractivity contribution is 6.08. The zero-order valence-electron chi connectivity index (χ0n) is 10.8. The number of nitrogens with two attached hydrogens (primary N) is 1. The van der Waals surface area contributed by atoms with E-state index in [1.54, 1.807) is 12.3 Å². The standard InChI is InChI=1S/C14H13N3O3/c1-8-4-9(7-16-6-8)13(18)17-12-5-10(15)2-3-11(12)14(19)20/h2-7H,15H2,1H3,(H,17,18)(H,19,20). The van der Waals surface area contributed by atoms with Crippen molar-refractivity contribution in [2.45, 2.75) is 6.92 Å². The van der Waals surface area contributed by atoms with Crippen molar-refractivity contribution in [3.63, 3.8) is 0 Å². The fourth-order valence-electron chi connectivity index (χ4n) is 1.73. The number of nitrogens with one attached hydrogen (secondary N) is 1. The minimum absolute atomic E-state index is 0.0202. The average Bonchev–Trinajstić information content (AvgIpc) is 2.38. The molecule has 6 nitrogen and oxygen atoms in total. The number of nitrogens with zero attached hydrogens (tertiary/aromatic N) is 1. The smallest absolute Gasteiger partial charge is 0.337 e. The maximum Gasteiger partial charge on any atom is 0.337 e. The zero-order valence-corrected chi connectivity index (χ0v) is 10.8. The third-order valence-electron chi connectivity index (χ3n) is 2.66. The van der Waals surface area contributed by atoms with Crippen molar-refractivity contribution >= 4 is 23.3 Å². The summed E-state index contributed by atoms with van der Waals surface area (Å²) >= 11 is 0. The van der Waals surface area contributed by atoms with Crippen LogP contribution in [0.3, 0.4) is 0 Å². The summed E-state index contributed by atoms with van der Waals surface area (Å²) in [7, 11) is 0. The van der Waals surface area contributed by atoms with Crippen LogP contribution in [0.5, 0.6) is 0 Å². The van der Waals surface area contributed by atoms with E-state index in [1.165, 1.54) is 24.4 Å². The Balaban J connectivity index is 2.32. The summed E-state index contributed by atoms with van der Waals surface area (Å²) in [6, 6.07) is 5.88. The summed E-state index contributed by atoms with van der Waals surface area (Å²) in [6.45, 7) is 1.81. The number of nitrogen functional groups attached to an aromatic ring is 1. The zero-order chi connectivity index (χ0) is 14.7. The molecule has 0 saturated heterocycles. The summed E-state index contributed by atoms with van der Waals surface area (Å²) in [5, 5.41) is 11.6. The second-order valence-corrected chi connectivity index (χ2v) is 4.32. The highest BCUT2D eigenvalue weighted by Gasteiger charge is 2.14. The second kappa shape index (κ2) is 5.40. The summed E-state index contributed by atoms with van der Waals surface area (Å²) in [5.74, 6) is -1.57. The van der Waals surface area contributed by atoms with Gasteiger partial charge in [0.1, 0.15) is 0 Å². The molecule has 0 bridgehead atoms. The van der Waals surface area contributed by atoms with Crippen LogP contribution < -0.4 is 11.1 Å². The molecule has 0 saturated carbocycles. The topological polar surface area (TPSA) is 105 Å². The van der Waals surface area contributed by atoms with Crippen molar-refractivity contribution in [1.82, 2.24) is 4.98 Å².